The Kier molecular flexibility index (Phi) is 6.31. The summed E-state index contributed by atoms with van der Waals surface area (Å²) in [5, 5.41) is 0. The number of aromatic nitrogens is 2. The van der Waals surface area contributed by atoms with Crippen molar-refractivity contribution in [2.45, 2.75) is 20.5 Å². The predicted octanol–water partition coefficient (Wildman–Crippen LogP) is 4.26. The van der Waals surface area contributed by atoms with E-state index in [-0.39, 0.29) is 28.1 Å². The van der Waals surface area contributed by atoms with Crippen LogP contribution in [-0.2, 0) is 11.3 Å². The van der Waals surface area contributed by atoms with Gasteiger partial charge in [-0.3, -0.25) is 9.36 Å². The van der Waals surface area contributed by atoms with Crippen molar-refractivity contribution in [2.75, 3.05) is 7.11 Å². The fourth-order valence-corrected chi connectivity index (χ4v) is 3.30. The van der Waals surface area contributed by atoms with Crippen LogP contribution in [0, 0.1) is 25.5 Å². The van der Waals surface area contributed by atoms with Crippen LogP contribution in [0.3, 0.4) is 0 Å². The lowest BCUT2D eigenvalue weighted by Gasteiger charge is -2.15. The van der Waals surface area contributed by atoms with Crippen molar-refractivity contribution in [3.05, 3.63) is 85.5 Å². The molecule has 0 bridgehead atoms. The molecule has 0 aliphatic carbocycles. The molecule has 6 nitrogen and oxygen atoms in total. The fourth-order valence-electron chi connectivity index (χ4n) is 2.89. The number of nitrogens with zero attached hydrogens (tertiary/aromatic N) is 2. The lowest BCUT2D eigenvalue weighted by molar-refractivity contribution is 0.0593. The van der Waals surface area contributed by atoms with Crippen LogP contribution in [0.5, 0.6) is 5.75 Å². The molecule has 3 aromatic rings. The first-order valence-electron chi connectivity index (χ1n) is 8.77. The van der Waals surface area contributed by atoms with Gasteiger partial charge in [-0.2, -0.15) is 0 Å². The molecule has 0 radical (unpaired) electrons. The number of hydrogen-bond acceptors (Lipinski definition) is 5. The lowest BCUT2D eigenvalue weighted by Crippen LogP contribution is -2.22. The minimum absolute atomic E-state index is 0.130. The van der Waals surface area contributed by atoms with Crippen LogP contribution in [0.1, 0.15) is 27.3 Å². The Bertz CT molecular complexity index is 1190. The van der Waals surface area contributed by atoms with E-state index >= 15 is 0 Å². The molecule has 2 heterocycles. The number of pyridine rings is 2. The molecule has 0 aliphatic heterocycles. The van der Waals surface area contributed by atoms with E-state index in [9.17, 15) is 18.4 Å². The Labute approximate surface area is 179 Å². The normalized spacial score (nSPS) is 10.7. The Morgan fingerprint density at radius 3 is 2.57 bits per heavy atom. The molecule has 0 amide bonds. The number of halogens is 3. The molecule has 3 rings (SSSR count). The highest BCUT2D eigenvalue weighted by molar-refractivity contribution is 9.10. The first-order chi connectivity index (χ1) is 14.2. The molecule has 0 aliphatic rings. The van der Waals surface area contributed by atoms with Gasteiger partial charge in [0.2, 0.25) is 0 Å². The molecule has 0 saturated heterocycles. The number of methoxy groups -OCH3 is 1. The highest BCUT2D eigenvalue weighted by atomic mass is 79.9. The monoisotopic (exact) mass is 478 g/mol. The molecule has 0 atom stereocenters. The second-order valence-electron chi connectivity index (χ2n) is 6.48. The number of hydrogen-bond donors (Lipinski definition) is 0. The van der Waals surface area contributed by atoms with Gasteiger partial charge in [0.1, 0.15) is 28.5 Å². The van der Waals surface area contributed by atoms with Crippen molar-refractivity contribution in [3.63, 3.8) is 0 Å². The van der Waals surface area contributed by atoms with Crippen molar-refractivity contribution in [1.82, 2.24) is 9.55 Å². The number of ether oxygens (including phenoxy) is 2. The second-order valence-corrected chi connectivity index (χ2v) is 7.27. The van der Waals surface area contributed by atoms with Crippen LogP contribution in [-0.4, -0.2) is 22.6 Å². The van der Waals surface area contributed by atoms with E-state index in [0.717, 1.165) is 12.1 Å². The SMILES string of the molecule is COC(=O)c1ncc(-n2c(C)cc(OCc3ccc(F)cc3F)c(Br)c2=O)cc1C. The summed E-state index contributed by atoms with van der Waals surface area (Å²) in [6.45, 7) is 3.21. The minimum atomic E-state index is -0.733. The van der Waals surface area contributed by atoms with E-state index in [0.29, 0.717) is 16.9 Å². The topological polar surface area (TPSA) is 70.4 Å². The molecular formula is C21H17BrF2N2O4. The number of carbonyl (C=O) groups excluding carboxylic acids is 1. The molecule has 2 aromatic heterocycles. The van der Waals surface area contributed by atoms with Gasteiger partial charge in [0.25, 0.3) is 5.56 Å². The van der Waals surface area contributed by atoms with E-state index in [1.165, 1.54) is 23.9 Å². The van der Waals surface area contributed by atoms with Crippen LogP contribution in [0.2, 0.25) is 0 Å². The van der Waals surface area contributed by atoms with E-state index < -0.39 is 23.2 Å². The molecular weight excluding hydrogens is 462 g/mol. The van der Waals surface area contributed by atoms with Gasteiger partial charge in [-0.1, -0.05) is 0 Å². The van der Waals surface area contributed by atoms with Crippen molar-refractivity contribution < 1.29 is 23.0 Å². The molecule has 156 valence electrons. The smallest absolute Gasteiger partial charge is 0.356 e. The largest absolute Gasteiger partial charge is 0.487 e. The zero-order valence-electron chi connectivity index (χ0n) is 16.3. The van der Waals surface area contributed by atoms with Crippen molar-refractivity contribution in [3.8, 4) is 11.4 Å². The average Bonchev–Trinajstić information content (AvgIpc) is 2.70. The molecule has 30 heavy (non-hydrogen) atoms. The third kappa shape index (κ3) is 4.25. The number of esters is 1. The highest BCUT2D eigenvalue weighted by Crippen LogP contribution is 2.25. The summed E-state index contributed by atoms with van der Waals surface area (Å²) in [6, 6.07) is 6.44. The summed E-state index contributed by atoms with van der Waals surface area (Å²) in [7, 11) is 1.26. The third-order valence-electron chi connectivity index (χ3n) is 4.40. The summed E-state index contributed by atoms with van der Waals surface area (Å²) < 4.78 is 38.7. The Hall–Kier alpha value is -3.07. The molecule has 0 fully saturated rings. The summed E-state index contributed by atoms with van der Waals surface area (Å²) in [6.07, 6.45) is 1.40. The minimum Gasteiger partial charge on any atom is -0.487 e. The van der Waals surface area contributed by atoms with Gasteiger partial charge in [0.05, 0.1) is 19.0 Å². The number of aryl methyl sites for hydroxylation is 2. The molecule has 0 N–H and O–H groups in total. The van der Waals surface area contributed by atoms with Crippen LogP contribution in [0.25, 0.3) is 5.69 Å². The fraction of sp³-hybridized carbons (Fsp3) is 0.190. The second kappa shape index (κ2) is 8.74. The van der Waals surface area contributed by atoms with Crippen LogP contribution in [0.4, 0.5) is 8.78 Å². The maximum absolute atomic E-state index is 13.8. The van der Waals surface area contributed by atoms with Gasteiger partial charge in [-0.05, 0) is 53.5 Å². The van der Waals surface area contributed by atoms with E-state index in [1.807, 2.05) is 0 Å². The Balaban J connectivity index is 1.94. The number of rotatable bonds is 5. The van der Waals surface area contributed by atoms with Crippen LogP contribution < -0.4 is 10.3 Å². The van der Waals surface area contributed by atoms with Crippen molar-refractivity contribution in [2.24, 2.45) is 0 Å². The summed E-state index contributed by atoms with van der Waals surface area (Å²) in [5.74, 6) is -1.77. The maximum Gasteiger partial charge on any atom is 0.356 e. The summed E-state index contributed by atoms with van der Waals surface area (Å²) >= 11 is 3.23. The quantitative estimate of drug-likeness (QED) is 0.512. The summed E-state index contributed by atoms with van der Waals surface area (Å²) in [4.78, 5) is 28.7. The van der Waals surface area contributed by atoms with E-state index in [1.54, 1.807) is 26.0 Å². The van der Waals surface area contributed by atoms with Gasteiger partial charge < -0.3 is 9.47 Å². The Morgan fingerprint density at radius 1 is 1.20 bits per heavy atom. The molecule has 9 heteroatoms. The van der Waals surface area contributed by atoms with Gasteiger partial charge in [-0.25, -0.2) is 18.6 Å². The first-order valence-corrected chi connectivity index (χ1v) is 9.56. The van der Waals surface area contributed by atoms with Crippen molar-refractivity contribution in [1.29, 1.82) is 0 Å². The van der Waals surface area contributed by atoms with Crippen molar-refractivity contribution >= 4 is 21.9 Å². The number of benzene rings is 1. The van der Waals surface area contributed by atoms with Gasteiger partial charge in [-0.15, -0.1) is 0 Å². The highest BCUT2D eigenvalue weighted by Gasteiger charge is 2.17. The van der Waals surface area contributed by atoms with Crippen LogP contribution >= 0.6 is 15.9 Å². The predicted molar refractivity (Wildman–Crippen MR) is 109 cm³/mol. The van der Waals surface area contributed by atoms with Gasteiger partial charge in [0.15, 0.2) is 5.69 Å². The van der Waals surface area contributed by atoms with E-state index in [2.05, 4.69) is 25.7 Å². The lowest BCUT2D eigenvalue weighted by atomic mass is 10.2. The van der Waals surface area contributed by atoms with Crippen LogP contribution in [0.15, 0.2) is 45.8 Å². The molecule has 0 saturated carbocycles. The van der Waals surface area contributed by atoms with Gasteiger partial charge >= 0.3 is 5.97 Å². The number of carbonyl (C=O) groups is 1. The molecule has 0 spiro atoms. The first kappa shape index (κ1) is 21.6. The maximum atomic E-state index is 13.8. The zero-order chi connectivity index (χ0) is 22.0. The van der Waals surface area contributed by atoms with Gasteiger partial charge in [0, 0.05) is 23.4 Å². The summed E-state index contributed by atoms with van der Waals surface area (Å²) in [5.41, 5.74) is 1.44. The average molecular weight is 479 g/mol. The zero-order valence-corrected chi connectivity index (χ0v) is 17.9. The molecule has 1 aromatic carbocycles. The van der Waals surface area contributed by atoms with E-state index in [4.69, 9.17) is 4.74 Å². The molecule has 0 unspecified atom stereocenters. The standard InChI is InChI=1S/C21H17BrF2N2O4/c1-11-6-15(9-25-19(11)21(28)29-3)26-12(2)7-17(18(22)20(26)27)30-10-13-4-5-14(23)8-16(13)24/h4-9H,10H2,1-3H3. The third-order valence-corrected chi connectivity index (χ3v) is 5.13. The Morgan fingerprint density at radius 2 is 1.93 bits per heavy atom.